The number of hydrogen-bond donors (Lipinski definition) is 0. The quantitative estimate of drug-likeness (QED) is 0.686. The fraction of sp³-hybridized carbons (Fsp3) is 0.571. The van der Waals surface area contributed by atoms with Crippen LogP contribution in [0.5, 0.6) is 5.75 Å². The Labute approximate surface area is 104 Å². The molecule has 0 spiro atoms. The largest absolute Gasteiger partial charge is 0.496 e. The minimum atomic E-state index is 0.385. The third-order valence-corrected chi connectivity index (χ3v) is 3.41. The van der Waals surface area contributed by atoms with Crippen LogP contribution in [-0.2, 0) is 0 Å². The van der Waals surface area contributed by atoms with E-state index < -0.39 is 0 Å². The highest BCUT2D eigenvalue weighted by atomic mass is 35.5. The van der Waals surface area contributed by atoms with Crippen molar-refractivity contribution in [3.63, 3.8) is 0 Å². The molecule has 0 aliphatic rings. The zero-order valence-corrected chi connectivity index (χ0v) is 11.3. The van der Waals surface area contributed by atoms with Crippen LogP contribution in [0, 0.1) is 0 Å². The van der Waals surface area contributed by atoms with E-state index in [-0.39, 0.29) is 0 Å². The van der Waals surface area contributed by atoms with E-state index in [4.69, 9.17) is 16.3 Å². The van der Waals surface area contributed by atoms with Crippen molar-refractivity contribution in [2.75, 3.05) is 13.0 Å². The Balaban J connectivity index is 3.15. The summed E-state index contributed by atoms with van der Waals surface area (Å²) in [6.07, 6.45) is 1.04. The van der Waals surface area contributed by atoms with Crippen LogP contribution in [0.4, 0.5) is 0 Å². The number of rotatable bonds is 5. The first-order valence-corrected chi connectivity index (χ1v) is 6.41. The molecule has 0 saturated carbocycles. The van der Waals surface area contributed by atoms with Crippen molar-refractivity contribution in [2.24, 2.45) is 0 Å². The van der Waals surface area contributed by atoms with Crippen molar-refractivity contribution < 1.29 is 4.74 Å². The minimum absolute atomic E-state index is 0.385. The SMILES string of the molecule is CCC(CCl)c1cc(C(C)C)ccc1OC. The van der Waals surface area contributed by atoms with E-state index in [0.717, 1.165) is 12.2 Å². The van der Waals surface area contributed by atoms with Crippen molar-refractivity contribution in [1.29, 1.82) is 0 Å². The predicted molar refractivity (Wildman–Crippen MR) is 70.8 cm³/mol. The second kappa shape index (κ2) is 6.15. The van der Waals surface area contributed by atoms with Crippen molar-refractivity contribution in [3.05, 3.63) is 29.3 Å². The van der Waals surface area contributed by atoms with E-state index in [1.807, 2.05) is 0 Å². The molecule has 0 bridgehead atoms. The molecule has 0 aliphatic heterocycles. The fourth-order valence-corrected chi connectivity index (χ4v) is 2.23. The summed E-state index contributed by atoms with van der Waals surface area (Å²) in [4.78, 5) is 0. The lowest BCUT2D eigenvalue weighted by molar-refractivity contribution is 0.406. The molecule has 1 unspecified atom stereocenters. The average Bonchev–Trinajstić information content (AvgIpc) is 2.30. The molecule has 1 atom stereocenters. The summed E-state index contributed by atoms with van der Waals surface area (Å²) in [6.45, 7) is 6.56. The normalized spacial score (nSPS) is 12.9. The molecule has 1 aromatic carbocycles. The molecule has 16 heavy (non-hydrogen) atoms. The summed E-state index contributed by atoms with van der Waals surface area (Å²) in [5.41, 5.74) is 2.59. The second-order valence-electron chi connectivity index (χ2n) is 4.42. The first-order valence-electron chi connectivity index (χ1n) is 5.87. The molecular weight excluding hydrogens is 220 g/mol. The van der Waals surface area contributed by atoms with Crippen LogP contribution in [0.1, 0.15) is 50.2 Å². The molecular formula is C14H21ClO. The number of methoxy groups -OCH3 is 1. The van der Waals surface area contributed by atoms with Crippen molar-refractivity contribution in [3.8, 4) is 5.75 Å². The summed E-state index contributed by atoms with van der Waals surface area (Å²) < 4.78 is 5.41. The summed E-state index contributed by atoms with van der Waals surface area (Å²) in [5.74, 6) is 2.53. The Morgan fingerprint density at radius 3 is 2.44 bits per heavy atom. The first-order chi connectivity index (χ1) is 7.63. The van der Waals surface area contributed by atoms with Gasteiger partial charge in [0.05, 0.1) is 7.11 Å². The molecule has 0 radical (unpaired) electrons. The molecule has 0 N–H and O–H groups in total. The number of halogens is 1. The standard InChI is InChI=1S/C14H21ClO/c1-5-11(9-15)13-8-12(10(2)3)6-7-14(13)16-4/h6-8,10-11H,5,9H2,1-4H3. The Hall–Kier alpha value is -0.690. The number of alkyl halides is 1. The van der Waals surface area contributed by atoms with E-state index in [2.05, 4.69) is 39.0 Å². The Morgan fingerprint density at radius 2 is 2.00 bits per heavy atom. The smallest absolute Gasteiger partial charge is 0.122 e. The van der Waals surface area contributed by atoms with Crippen molar-refractivity contribution >= 4 is 11.6 Å². The number of hydrogen-bond acceptors (Lipinski definition) is 1. The van der Waals surface area contributed by atoms with Crippen LogP contribution in [-0.4, -0.2) is 13.0 Å². The van der Waals surface area contributed by atoms with Gasteiger partial charge in [-0.25, -0.2) is 0 Å². The van der Waals surface area contributed by atoms with Crippen molar-refractivity contribution in [1.82, 2.24) is 0 Å². The molecule has 1 aromatic rings. The van der Waals surface area contributed by atoms with Crippen LogP contribution >= 0.6 is 11.6 Å². The first kappa shape index (κ1) is 13.4. The molecule has 0 heterocycles. The average molecular weight is 241 g/mol. The Morgan fingerprint density at radius 1 is 1.31 bits per heavy atom. The van der Waals surface area contributed by atoms with Gasteiger partial charge in [-0.05, 0) is 29.5 Å². The summed E-state index contributed by atoms with van der Waals surface area (Å²) in [6, 6.07) is 6.42. The molecule has 90 valence electrons. The third kappa shape index (κ3) is 2.91. The highest BCUT2D eigenvalue weighted by Crippen LogP contribution is 2.32. The molecule has 0 fully saturated rings. The van der Waals surface area contributed by atoms with E-state index in [0.29, 0.717) is 17.7 Å². The summed E-state index contributed by atoms with van der Waals surface area (Å²) in [5, 5.41) is 0. The highest BCUT2D eigenvalue weighted by Gasteiger charge is 2.14. The molecule has 2 heteroatoms. The van der Waals surface area contributed by atoms with Crippen LogP contribution < -0.4 is 4.74 Å². The minimum Gasteiger partial charge on any atom is -0.496 e. The molecule has 0 saturated heterocycles. The van der Waals surface area contributed by atoms with Crippen molar-refractivity contribution in [2.45, 2.75) is 39.0 Å². The lowest BCUT2D eigenvalue weighted by atomic mass is 9.92. The zero-order valence-electron chi connectivity index (χ0n) is 10.6. The summed E-state index contributed by atoms with van der Waals surface area (Å²) >= 11 is 6.01. The molecule has 0 amide bonds. The van der Waals surface area contributed by atoms with Gasteiger partial charge in [-0.3, -0.25) is 0 Å². The monoisotopic (exact) mass is 240 g/mol. The Kier molecular flexibility index (Phi) is 5.14. The van der Waals surface area contributed by atoms with Gasteiger partial charge in [0.25, 0.3) is 0 Å². The number of benzene rings is 1. The van der Waals surface area contributed by atoms with Crippen LogP contribution in [0.15, 0.2) is 18.2 Å². The third-order valence-electron chi connectivity index (χ3n) is 3.04. The van der Waals surface area contributed by atoms with Crippen LogP contribution in [0.25, 0.3) is 0 Å². The zero-order chi connectivity index (χ0) is 12.1. The van der Waals surface area contributed by atoms with E-state index in [1.165, 1.54) is 11.1 Å². The lowest BCUT2D eigenvalue weighted by Crippen LogP contribution is -2.03. The number of ether oxygens (including phenoxy) is 1. The maximum atomic E-state index is 6.01. The van der Waals surface area contributed by atoms with Gasteiger partial charge in [0, 0.05) is 11.8 Å². The van der Waals surface area contributed by atoms with E-state index >= 15 is 0 Å². The lowest BCUT2D eigenvalue weighted by Gasteiger charge is -2.18. The fourth-order valence-electron chi connectivity index (χ4n) is 1.84. The Bertz CT molecular complexity index is 330. The maximum absolute atomic E-state index is 6.01. The van der Waals surface area contributed by atoms with Gasteiger partial charge in [0.1, 0.15) is 5.75 Å². The van der Waals surface area contributed by atoms with Gasteiger partial charge in [-0.1, -0.05) is 32.9 Å². The van der Waals surface area contributed by atoms with Gasteiger partial charge in [0.15, 0.2) is 0 Å². The highest BCUT2D eigenvalue weighted by molar-refractivity contribution is 6.18. The van der Waals surface area contributed by atoms with Crippen LogP contribution in [0.2, 0.25) is 0 Å². The second-order valence-corrected chi connectivity index (χ2v) is 4.72. The van der Waals surface area contributed by atoms with Gasteiger partial charge >= 0.3 is 0 Å². The predicted octanol–water partition coefficient (Wildman–Crippen LogP) is 4.55. The van der Waals surface area contributed by atoms with Gasteiger partial charge < -0.3 is 4.74 Å². The van der Waals surface area contributed by atoms with E-state index in [9.17, 15) is 0 Å². The molecule has 0 aliphatic carbocycles. The molecule has 1 nitrogen and oxygen atoms in total. The van der Waals surface area contributed by atoms with Crippen LogP contribution in [0.3, 0.4) is 0 Å². The van der Waals surface area contributed by atoms with Gasteiger partial charge in [0.2, 0.25) is 0 Å². The molecule has 1 rings (SSSR count). The van der Waals surface area contributed by atoms with Gasteiger partial charge in [-0.2, -0.15) is 0 Å². The molecule has 0 aromatic heterocycles. The maximum Gasteiger partial charge on any atom is 0.122 e. The van der Waals surface area contributed by atoms with Gasteiger partial charge in [-0.15, -0.1) is 11.6 Å². The van der Waals surface area contributed by atoms with E-state index in [1.54, 1.807) is 7.11 Å². The topological polar surface area (TPSA) is 9.23 Å². The summed E-state index contributed by atoms with van der Waals surface area (Å²) in [7, 11) is 1.72.